The van der Waals surface area contributed by atoms with E-state index >= 15 is 0 Å². The summed E-state index contributed by atoms with van der Waals surface area (Å²) in [5.74, 6) is 0.700. The van der Waals surface area contributed by atoms with Crippen LogP contribution in [-0.4, -0.2) is 60.6 Å². The first kappa shape index (κ1) is 14.9. The Balaban J connectivity index is 1.51. The van der Waals surface area contributed by atoms with E-state index in [9.17, 15) is 13.2 Å². The molecule has 1 saturated carbocycles. The van der Waals surface area contributed by atoms with Gasteiger partial charge < -0.3 is 0 Å². The van der Waals surface area contributed by atoms with Crippen LogP contribution in [0.5, 0.6) is 0 Å². The minimum atomic E-state index is -2.93. The minimum absolute atomic E-state index is 0.0720. The van der Waals surface area contributed by atoms with Crippen LogP contribution in [0.25, 0.3) is 0 Å². The molecule has 2 heterocycles. The lowest BCUT2D eigenvalue weighted by Crippen LogP contribution is -2.38. The molecule has 9 heteroatoms. The van der Waals surface area contributed by atoms with Gasteiger partial charge in [0.15, 0.2) is 9.84 Å². The number of hydrogen-bond acceptors (Lipinski definition) is 7. The number of aromatic nitrogens is 2. The number of anilines is 1. The summed E-state index contributed by atoms with van der Waals surface area (Å²) in [4.78, 5) is 13.8. The van der Waals surface area contributed by atoms with Gasteiger partial charge in [0.1, 0.15) is 5.01 Å². The van der Waals surface area contributed by atoms with Crippen LogP contribution >= 0.6 is 11.3 Å². The normalized spacial score (nSPS) is 24.4. The molecule has 1 amide bonds. The summed E-state index contributed by atoms with van der Waals surface area (Å²) in [5, 5.41) is 12.3. The fourth-order valence-electron chi connectivity index (χ4n) is 2.42. The van der Waals surface area contributed by atoms with Crippen molar-refractivity contribution in [1.82, 2.24) is 15.1 Å². The number of hydrogen-bond donors (Lipinski definition) is 1. The molecule has 2 aliphatic rings. The number of rotatable bonds is 5. The number of sulfone groups is 1. The SMILES string of the molecule is CN(CC(=O)Nc1nnc(C2CC2)s1)[C@@H]1CCS(=O)(=O)C1. The molecule has 3 rings (SSSR count). The van der Waals surface area contributed by atoms with E-state index in [1.165, 1.54) is 11.3 Å². The second-order valence-corrected chi connectivity index (χ2v) is 8.98. The third-order valence-corrected chi connectivity index (χ3v) is 6.59. The lowest BCUT2D eigenvalue weighted by molar-refractivity contribution is -0.117. The van der Waals surface area contributed by atoms with Crippen LogP contribution in [0.2, 0.25) is 0 Å². The quantitative estimate of drug-likeness (QED) is 0.844. The first-order valence-corrected chi connectivity index (χ1v) is 9.60. The Morgan fingerprint density at radius 3 is 2.76 bits per heavy atom. The van der Waals surface area contributed by atoms with E-state index in [0.717, 1.165) is 17.8 Å². The topological polar surface area (TPSA) is 92.3 Å². The molecule has 21 heavy (non-hydrogen) atoms. The number of amides is 1. The highest BCUT2D eigenvalue weighted by molar-refractivity contribution is 7.91. The van der Waals surface area contributed by atoms with Crippen molar-refractivity contribution in [1.29, 1.82) is 0 Å². The second kappa shape index (κ2) is 5.62. The van der Waals surface area contributed by atoms with Gasteiger partial charge in [-0.2, -0.15) is 0 Å². The molecule has 0 unspecified atom stereocenters. The lowest BCUT2D eigenvalue weighted by Gasteiger charge is -2.21. The maximum absolute atomic E-state index is 12.0. The van der Waals surface area contributed by atoms with Crippen molar-refractivity contribution in [3.63, 3.8) is 0 Å². The minimum Gasteiger partial charge on any atom is -0.299 e. The molecular formula is C12H18N4O3S2. The molecule has 1 atom stereocenters. The first-order valence-electron chi connectivity index (χ1n) is 6.97. The van der Waals surface area contributed by atoms with Gasteiger partial charge in [-0.3, -0.25) is 15.0 Å². The predicted octanol–water partition coefficient (Wildman–Crippen LogP) is 0.473. The first-order chi connectivity index (χ1) is 9.93. The van der Waals surface area contributed by atoms with E-state index < -0.39 is 9.84 Å². The maximum atomic E-state index is 12.0. The average molecular weight is 330 g/mol. The van der Waals surface area contributed by atoms with Crippen LogP contribution in [0.4, 0.5) is 5.13 Å². The number of nitrogens with one attached hydrogen (secondary N) is 1. The monoisotopic (exact) mass is 330 g/mol. The van der Waals surface area contributed by atoms with Crippen molar-refractivity contribution in [3.8, 4) is 0 Å². The summed E-state index contributed by atoms with van der Waals surface area (Å²) in [6.45, 7) is 0.165. The molecule has 7 nitrogen and oxygen atoms in total. The van der Waals surface area contributed by atoms with Gasteiger partial charge in [-0.1, -0.05) is 11.3 Å². The van der Waals surface area contributed by atoms with Crippen LogP contribution < -0.4 is 5.32 Å². The Morgan fingerprint density at radius 1 is 1.38 bits per heavy atom. The van der Waals surface area contributed by atoms with Crippen molar-refractivity contribution in [2.75, 3.05) is 30.4 Å². The fourth-order valence-corrected chi connectivity index (χ4v) is 5.15. The molecule has 0 spiro atoms. The largest absolute Gasteiger partial charge is 0.299 e. The average Bonchev–Trinajstić information content (AvgIpc) is 3.04. The van der Waals surface area contributed by atoms with E-state index in [1.807, 2.05) is 0 Å². The fraction of sp³-hybridized carbons (Fsp3) is 0.750. The van der Waals surface area contributed by atoms with Gasteiger partial charge in [-0.05, 0) is 26.3 Å². The highest BCUT2D eigenvalue weighted by Gasteiger charge is 2.31. The molecule has 0 radical (unpaired) electrons. The molecule has 0 bridgehead atoms. The summed E-state index contributed by atoms with van der Waals surface area (Å²) in [6.07, 6.45) is 2.90. The number of carbonyl (C=O) groups excluding carboxylic acids is 1. The van der Waals surface area contributed by atoms with Crippen molar-refractivity contribution in [3.05, 3.63) is 5.01 Å². The zero-order chi connectivity index (χ0) is 15.0. The molecule has 0 aromatic carbocycles. The van der Waals surface area contributed by atoms with Crippen molar-refractivity contribution < 1.29 is 13.2 Å². The summed E-state index contributed by atoms with van der Waals surface area (Å²) in [5.41, 5.74) is 0. The molecule has 116 valence electrons. The molecule has 1 aliphatic heterocycles. The van der Waals surface area contributed by atoms with Gasteiger partial charge in [-0.25, -0.2) is 8.42 Å². The third-order valence-electron chi connectivity index (χ3n) is 3.84. The van der Waals surface area contributed by atoms with Gasteiger partial charge in [0.05, 0.1) is 18.1 Å². The van der Waals surface area contributed by atoms with Crippen LogP contribution in [-0.2, 0) is 14.6 Å². The predicted molar refractivity (Wildman–Crippen MR) is 80.2 cm³/mol. The second-order valence-electron chi connectivity index (χ2n) is 5.74. The number of carbonyl (C=O) groups is 1. The Morgan fingerprint density at radius 2 is 2.14 bits per heavy atom. The van der Waals surface area contributed by atoms with Crippen molar-refractivity contribution in [2.24, 2.45) is 0 Å². The van der Waals surface area contributed by atoms with Crippen molar-refractivity contribution >= 4 is 32.2 Å². The van der Waals surface area contributed by atoms with Gasteiger partial charge in [0.2, 0.25) is 11.0 Å². The van der Waals surface area contributed by atoms with E-state index in [4.69, 9.17) is 0 Å². The van der Waals surface area contributed by atoms with Crippen molar-refractivity contribution in [2.45, 2.75) is 31.2 Å². The lowest BCUT2D eigenvalue weighted by atomic mass is 10.2. The Labute approximate surface area is 127 Å². The summed E-state index contributed by atoms with van der Waals surface area (Å²) < 4.78 is 22.9. The zero-order valence-corrected chi connectivity index (χ0v) is 13.4. The molecular weight excluding hydrogens is 312 g/mol. The standard InChI is InChI=1S/C12H18N4O3S2/c1-16(9-4-5-21(18,19)7-9)6-10(17)13-12-15-14-11(20-12)8-2-3-8/h8-9H,2-7H2,1H3,(H,13,15,17)/t9-/m1/s1. The molecule has 1 aromatic rings. The summed E-state index contributed by atoms with van der Waals surface area (Å²) >= 11 is 1.42. The van der Waals surface area contributed by atoms with E-state index in [-0.39, 0.29) is 30.0 Å². The van der Waals surface area contributed by atoms with Gasteiger partial charge >= 0.3 is 0 Å². The Hall–Kier alpha value is -1.06. The molecule has 2 fully saturated rings. The Bertz CT molecular complexity index is 639. The van der Waals surface area contributed by atoms with Gasteiger partial charge in [0, 0.05) is 12.0 Å². The molecule has 1 aliphatic carbocycles. The summed E-state index contributed by atoms with van der Waals surface area (Å²) in [7, 11) is -1.15. The number of likely N-dealkylation sites (N-methyl/N-ethyl adjacent to an activating group) is 1. The van der Waals surface area contributed by atoms with E-state index in [0.29, 0.717) is 17.5 Å². The van der Waals surface area contributed by atoms with Gasteiger partial charge in [0.25, 0.3) is 0 Å². The van der Waals surface area contributed by atoms with Gasteiger partial charge in [-0.15, -0.1) is 10.2 Å². The summed E-state index contributed by atoms with van der Waals surface area (Å²) in [6, 6.07) is -0.0720. The van der Waals surface area contributed by atoms with Crippen LogP contribution in [0.3, 0.4) is 0 Å². The van der Waals surface area contributed by atoms with E-state index in [1.54, 1.807) is 11.9 Å². The highest BCUT2D eigenvalue weighted by Crippen LogP contribution is 2.42. The van der Waals surface area contributed by atoms with Crippen LogP contribution in [0.15, 0.2) is 0 Å². The zero-order valence-electron chi connectivity index (χ0n) is 11.8. The third kappa shape index (κ3) is 3.78. The number of nitrogens with zero attached hydrogens (tertiary/aromatic N) is 3. The maximum Gasteiger partial charge on any atom is 0.240 e. The highest BCUT2D eigenvalue weighted by atomic mass is 32.2. The van der Waals surface area contributed by atoms with Crippen LogP contribution in [0.1, 0.15) is 30.2 Å². The molecule has 1 aromatic heterocycles. The molecule has 1 N–H and O–H groups in total. The smallest absolute Gasteiger partial charge is 0.240 e. The van der Waals surface area contributed by atoms with Crippen LogP contribution in [0, 0.1) is 0 Å². The van der Waals surface area contributed by atoms with E-state index in [2.05, 4.69) is 15.5 Å². The molecule has 1 saturated heterocycles. The Kier molecular flexibility index (Phi) is 3.98.